The van der Waals surface area contributed by atoms with Crippen molar-refractivity contribution < 1.29 is 9.59 Å². The van der Waals surface area contributed by atoms with Crippen LogP contribution < -0.4 is 16.4 Å². The zero-order chi connectivity index (χ0) is 15.3. The Labute approximate surface area is 119 Å². The molecule has 0 aliphatic rings. The van der Waals surface area contributed by atoms with Gasteiger partial charge in [-0.1, -0.05) is 13.8 Å². The molecule has 1 aromatic heterocycles. The van der Waals surface area contributed by atoms with E-state index in [0.717, 1.165) is 5.69 Å². The lowest BCUT2D eigenvalue weighted by Gasteiger charge is -2.11. The Morgan fingerprint density at radius 1 is 1.25 bits per heavy atom. The first-order chi connectivity index (χ1) is 9.29. The highest BCUT2D eigenvalue weighted by molar-refractivity contribution is 5.97. The number of nitrogens with two attached hydrogens (primary N) is 1. The third-order valence-electron chi connectivity index (χ3n) is 2.58. The molecule has 110 valence electrons. The van der Waals surface area contributed by atoms with Gasteiger partial charge in [-0.2, -0.15) is 0 Å². The minimum Gasteiger partial charge on any atom is -0.384 e. The van der Waals surface area contributed by atoms with Crippen LogP contribution in [0.1, 0.15) is 49.7 Å². The second kappa shape index (κ2) is 6.88. The van der Waals surface area contributed by atoms with Crippen LogP contribution >= 0.6 is 0 Å². The third kappa shape index (κ3) is 4.87. The molecule has 6 nitrogen and oxygen atoms in total. The highest BCUT2D eigenvalue weighted by Gasteiger charge is 2.12. The number of aromatic nitrogens is 1. The summed E-state index contributed by atoms with van der Waals surface area (Å²) in [6.45, 7) is 7.60. The van der Waals surface area contributed by atoms with Crippen molar-refractivity contribution in [3.63, 3.8) is 0 Å². The Morgan fingerprint density at radius 3 is 2.45 bits per heavy atom. The number of carbonyl (C=O) groups excluding carboxylic acids is 2. The topological polar surface area (TPSA) is 97.1 Å². The predicted octanol–water partition coefficient (Wildman–Crippen LogP) is 1.04. The van der Waals surface area contributed by atoms with Gasteiger partial charge in [-0.15, -0.1) is 0 Å². The summed E-state index contributed by atoms with van der Waals surface area (Å²) in [5.41, 5.74) is 6.85. The average molecular weight is 278 g/mol. The fourth-order valence-corrected chi connectivity index (χ4v) is 1.64. The molecule has 0 fully saturated rings. The molecule has 0 aliphatic heterocycles. The van der Waals surface area contributed by atoms with Crippen LogP contribution in [0.3, 0.4) is 0 Å². The predicted molar refractivity (Wildman–Crippen MR) is 78.4 cm³/mol. The molecular weight excluding hydrogens is 256 g/mol. The first-order valence-electron chi connectivity index (χ1n) is 6.64. The van der Waals surface area contributed by atoms with Crippen molar-refractivity contribution in [1.82, 2.24) is 15.6 Å². The van der Waals surface area contributed by atoms with E-state index in [1.54, 1.807) is 6.07 Å². The Balaban J connectivity index is 2.70. The van der Waals surface area contributed by atoms with E-state index in [0.29, 0.717) is 11.4 Å². The van der Waals surface area contributed by atoms with E-state index in [9.17, 15) is 9.59 Å². The minimum absolute atomic E-state index is 0.0449. The van der Waals surface area contributed by atoms with E-state index < -0.39 is 0 Å². The molecular formula is C14H22N4O2. The Morgan fingerprint density at radius 2 is 1.90 bits per heavy atom. The molecule has 0 atom stereocenters. The fourth-order valence-electron chi connectivity index (χ4n) is 1.64. The summed E-state index contributed by atoms with van der Waals surface area (Å²) < 4.78 is 0. The minimum atomic E-state index is -0.333. The van der Waals surface area contributed by atoms with Crippen molar-refractivity contribution in [1.29, 1.82) is 0 Å². The average Bonchev–Trinajstić information content (AvgIpc) is 2.34. The Bertz CT molecular complexity index is 498. The van der Waals surface area contributed by atoms with E-state index in [1.807, 2.05) is 27.7 Å². The monoisotopic (exact) mass is 278 g/mol. The smallest absolute Gasteiger partial charge is 0.251 e. The van der Waals surface area contributed by atoms with Gasteiger partial charge in [-0.05, 0) is 31.9 Å². The van der Waals surface area contributed by atoms with Gasteiger partial charge in [-0.3, -0.25) is 9.59 Å². The van der Waals surface area contributed by atoms with Gasteiger partial charge in [0.1, 0.15) is 5.82 Å². The van der Waals surface area contributed by atoms with Gasteiger partial charge in [-0.25, -0.2) is 4.98 Å². The van der Waals surface area contributed by atoms with E-state index in [1.165, 1.54) is 6.07 Å². The molecule has 1 rings (SSSR count). The molecule has 4 N–H and O–H groups in total. The number of nitrogen functional groups attached to an aromatic ring is 1. The fraction of sp³-hybridized carbons (Fsp3) is 0.500. The highest BCUT2D eigenvalue weighted by atomic mass is 16.2. The zero-order valence-corrected chi connectivity index (χ0v) is 12.4. The molecule has 0 bridgehead atoms. The molecule has 0 aliphatic carbocycles. The second-order valence-corrected chi connectivity index (χ2v) is 5.27. The molecule has 0 unspecified atom stereocenters. The summed E-state index contributed by atoms with van der Waals surface area (Å²) in [6, 6.07) is 3.24. The summed E-state index contributed by atoms with van der Waals surface area (Å²) in [6.07, 6.45) is 0. The second-order valence-electron chi connectivity index (χ2n) is 5.27. The van der Waals surface area contributed by atoms with Gasteiger partial charge in [0.2, 0.25) is 5.91 Å². The van der Waals surface area contributed by atoms with Crippen molar-refractivity contribution in [3.05, 3.63) is 23.4 Å². The van der Waals surface area contributed by atoms with Crippen LogP contribution in [0.4, 0.5) is 5.82 Å². The van der Waals surface area contributed by atoms with Crippen molar-refractivity contribution in [3.8, 4) is 0 Å². The SMILES string of the molecule is CC(C)NC(=O)CNC(=O)c1cc(N)nc(C(C)C)c1. The van der Waals surface area contributed by atoms with Gasteiger partial charge >= 0.3 is 0 Å². The number of carbonyl (C=O) groups is 2. The summed E-state index contributed by atoms with van der Waals surface area (Å²) in [5, 5.41) is 5.26. The number of hydrogen-bond acceptors (Lipinski definition) is 4. The molecule has 0 aromatic carbocycles. The molecule has 0 saturated carbocycles. The Kier molecular flexibility index (Phi) is 5.49. The van der Waals surface area contributed by atoms with E-state index in [-0.39, 0.29) is 30.3 Å². The summed E-state index contributed by atoms with van der Waals surface area (Å²) in [4.78, 5) is 27.6. The number of nitrogens with zero attached hydrogens (tertiary/aromatic N) is 1. The molecule has 20 heavy (non-hydrogen) atoms. The first kappa shape index (κ1) is 15.9. The number of rotatable bonds is 5. The lowest BCUT2D eigenvalue weighted by atomic mass is 10.1. The number of pyridine rings is 1. The van der Waals surface area contributed by atoms with Crippen LogP contribution in [0.25, 0.3) is 0 Å². The standard InChI is InChI=1S/C14H22N4O2/c1-8(2)11-5-10(6-12(15)18-11)14(20)16-7-13(19)17-9(3)4/h5-6,8-9H,7H2,1-4H3,(H2,15,18)(H,16,20)(H,17,19). The zero-order valence-electron chi connectivity index (χ0n) is 12.4. The molecule has 1 heterocycles. The van der Waals surface area contributed by atoms with Gasteiger partial charge in [0.05, 0.1) is 6.54 Å². The summed E-state index contributed by atoms with van der Waals surface area (Å²) in [7, 11) is 0. The maximum absolute atomic E-state index is 12.0. The Hall–Kier alpha value is -2.11. The van der Waals surface area contributed by atoms with Crippen LogP contribution in [0.15, 0.2) is 12.1 Å². The number of amides is 2. The van der Waals surface area contributed by atoms with E-state index in [2.05, 4.69) is 15.6 Å². The van der Waals surface area contributed by atoms with Crippen LogP contribution in [0.5, 0.6) is 0 Å². The quantitative estimate of drug-likeness (QED) is 0.749. The highest BCUT2D eigenvalue weighted by Crippen LogP contribution is 2.15. The molecule has 2 amide bonds. The van der Waals surface area contributed by atoms with Crippen molar-refractivity contribution >= 4 is 17.6 Å². The molecule has 1 aromatic rings. The summed E-state index contributed by atoms with van der Waals surface area (Å²) in [5.74, 6) is -0.0818. The largest absolute Gasteiger partial charge is 0.384 e. The molecule has 0 radical (unpaired) electrons. The molecule has 0 spiro atoms. The van der Waals surface area contributed by atoms with Crippen molar-refractivity contribution in [2.45, 2.75) is 39.7 Å². The number of anilines is 1. The van der Waals surface area contributed by atoms with Crippen molar-refractivity contribution in [2.24, 2.45) is 0 Å². The van der Waals surface area contributed by atoms with Crippen LogP contribution in [-0.4, -0.2) is 29.4 Å². The maximum Gasteiger partial charge on any atom is 0.251 e. The van der Waals surface area contributed by atoms with Crippen molar-refractivity contribution in [2.75, 3.05) is 12.3 Å². The molecule has 6 heteroatoms. The summed E-state index contributed by atoms with van der Waals surface area (Å²) >= 11 is 0. The molecule has 0 saturated heterocycles. The lowest BCUT2D eigenvalue weighted by molar-refractivity contribution is -0.120. The van der Waals surface area contributed by atoms with Crippen LogP contribution in [0.2, 0.25) is 0 Å². The number of nitrogens with one attached hydrogen (secondary N) is 2. The number of hydrogen-bond donors (Lipinski definition) is 3. The van der Waals surface area contributed by atoms with Crippen LogP contribution in [-0.2, 0) is 4.79 Å². The first-order valence-corrected chi connectivity index (χ1v) is 6.64. The van der Waals surface area contributed by atoms with Gasteiger partial charge in [0.25, 0.3) is 5.91 Å². The van der Waals surface area contributed by atoms with Gasteiger partial charge in [0.15, 0.2) is 0 Å². The normalized spacial score (nSPS) is 10.7. The van der Waals surface area contributed by atoms with Gasteiger partial charge < -0.3 is 16.4 Å². The van der Waals surface area contributed by atoms with Crippen LogP contribution in [0, 0.1) is 0 Å². The van der Waals surface area contributed by atoms with E-state index >= 15 is 0 Å². The lowest BCUT2D eigenvalue weighted by Crippen LogP contribution is -2.39. The van der Waals surface area contributed by atoms with Gasteiger partial charge in [0, 0.05) is 17.3 Å². The third-order valence-corrected chi connectivity index (χ3v) is 2.58. The van der Waals surface area contributed by atoms with E-state index in [4.69, 9.17) is 5.73 Å². The maximum atomic E-state index is 12.0.